The zero-order chi connectivity index (χ0) is 13.3. The van der Waals surface area contributed by atoms with Crippen LogP contribution in [0.2, 0.25) is 0 Å². The molecule has 0 aromatic heterocycles. The van der Waals surface area contributed by atoms with Crippen molar-refractivity contribution in [2.45, 2.75) is 26.3 Å². The average molecular weight is 245 g/mol. The van der Waals surface area contributed by atoms with E-state index in [4.69, 9.17) is 4.74 Å². The summed E-state index contributed by atoms with van der Waals surface area (Å²) in [5.41, 5.74) is -0.515. The van der Waals surface area contributed by atoms with Gasteiger partial charge >= 0.3 is 0 Å². The maximum absolute atomic E-state index is 11.8. The van der Waals surface area contributed by atoms with Gasteiger partial charge in [0.1, 0.15) is 0 Å². The number of carbonyl (C=O) groups is 1. The molecule has 0 saturated heterocycles. The zero-order valence-corrected chi connectivity index (χ0v) is 11.8. The van der Waals surface area contributed by atoms with Crippen molar-refractivity contribution in [1.29, 1.82) is 0 Å². The van der Waals surface area contributed by atoms with E-state index in [0.717, 1.165) is 13.1 Å². The molecule has 5 nitrogen and oxygen atoms in total. The number of hydrogen-bond acceptors (Lipinski definition) is 4. The number of rotatable bonds is 9. The fourth-order valence-corrected chi connectivity index (χ4v) is 1.33. The van der Waals surface area contributed by atoms with Crippen molar-refractivity contribution < 1.29 is 9.53 Å². The van der Waals surface area contributed by atoms with Crippen molar-refractivity contribution in [2.24, 2.45) is 0 Å². The maximum atomic E-state index is 11.8. The van der Waals surface area contributed by atoms with Gasteiger partial charge in [0.25, 0.3) is 0 Å². The molecule has 17 heavy (non-hydrogen) atoms. The number of amides is 1. The first kappa shape index (κ1) is 16.4. The standard InChI is InChI=1S/C12H27N3O2/c1-6-14-12(2,3)11(16)13-7-9-17-10-8-15(4)5/h14H,6-10H2,1-5H3,(H,13,16). The maximum Gasteiger partial charge on any atom is 0.239 e. The van der Waals surface area contributed by atoms with Gasteiger partial charge in [0.05, 0.1) is 18.8 Å². The van der Waals surface area contributed by atoms with Crippen LogP contribution in [0.15, 0.2) is 0 Å². The van der Waals surface area contributed by atoms with Crippen LogP contribution in [0.3, 0.4) is 0 Å². The van der Waals surface area contributed by atoms with Crippen LogP contribution in [0.1, 0.15) is 20.8 Å². The van der Waals surface area contributed by atoms with E-state index >= 15 is 0 Å². The normalized spacial score (nSPS) is 11.9. The second-order valence-corrected chi connectivity index (χ2v) is 4.83. The van der Waals surface area contributed by atoms with E-state index in [1.54, 1.807) is 0 Å². The molecule has 0 unspecified atom stereocenters. The van der Waals surface area contributed by atoms with Crippen LogP contribution in [-0.4, -0.2) is 63.3 Å². The summed E-state index contributed by atoms with van der Waals surface area (Å²) < 4.78 is 5.39. The van der Waals surface area contributed by atoms with Crippen LogP contribution < -0.4 is 10.6 Å². The van der Waals surface area contributed by atoms with Crippen LogP contribution in [0.4, 0.5) is 0 Å². The molecule has 0 aliphatic carbocycles. The summed E-state index contributed by atoms with van der Waals surface area (Å²) in [6.45, 7) is 9.22. The minimum Gasteiger partial charge on any atom is -0.378 e. The molecule has 0 heterocycles. The summed E-state index contributed by atoms with van der Waals surface area (Å²) in [6.07, 6.45) is 0. The molecule has 0 aromatic carbocycles. The summed E-state index contributed by atoms with van der Waals surface area (Å²) >= 11 is 0. The van der Waals surface area contributed by atoms with Gasteiger partial charge in [0, 0.05) is 13.1 Å². The van der Waals surface area contributed by atoms with E-state index in [-0.39, 0.29) is 5.91 Å². The Bertz CT molecular complexity index is 218. The summed E-state index contributed by atoms with van der Waals surface area (Å²) in [7, 11) is 4.01. The van der Waals surface area contributed by atoms with Gasteiger partial charge in [-0.1, -0.05) is 6.92 Å². The van der Waals surface area contributed by atoms with Gasteiger partial charge in [-0.05, 0) is 34.5 Å². The summed E-state index contributed by atoms with van der Waals surface area (Å²) in [6, 6.07) is 0. The van der Waals surface area contributed by atoms with Crippen molar-refractivity contribution >= 4 is 5.91 Å². The van der Waals surface area contributed by atoms with Gasteiger partial charge in [0.2, 0.25) is 5.91 Å². The number of carbonyl (C=O) groups excluding carboxylic acids is 1. The van der Waals surface area contributed by atoms with Gasteiger partial charge < -0.3 is 20.3 Å². The van der Waals surface area contributed by atoms with E-state index in [0.29, 0.717) is 19.8 Å². The number of nitrogens with zero attached hydrogens (tertiary/aromatic N) is 1. The lowest BCUT2D eigenvalue weighted by Crippen LogP contribution is -2.53. The molecule has 0 aromatic rings. The second kappa shape index (κ2) is 8.44. The highest BCUT2D eigenvalue weighted by Gasteiger charge is 2.25. The van der Waals surface area contributed by atoms with Crippen LogP contribution in [0, 0.1) is 0 Å². The fourth-order valence-electron chi connectivity index (χ4n) is 1.33. The van der Waals surface area contributed by atoms with Gasteiger partial charge in [-0.25, -0.2) is 0 Å². The molecule has 0 saturated carbocycles. The van der Waals surface area contributed by atoms with Crippen LogP contribution >= 0.6 is 0 Å². The topological polar surface area (TPSA) is 53.6 Å². The molecular formula is C12H27N3O2. The highest BCUT2D eigenvalue weighted by molar-refractivity contribution is 5.85. The average Bonchev–Trinajstić information content (AvgIpc) is 2.22. The van der Waals surface area contributed by atoms with Crippen molar-refractivity contribution in [2.75, 3.05) is 46.9 Å². The highest BCUT2D eigenvalue weighted by Crippen LogP contribution is 2.00. The molecule has 102 valence electrons. The summed E-state index contributed by atoms with van der Waals surface area (Å²) in [5.74, 6) is 0.00978. The number of likely N-dealkylation sites (N-methyl/N-ethyl adjacent to an activating group) is 2. The third kappa shape index (κ3) is 8.12. The molecule has 0 bridgehead atoms. The number of nitrogens with one attached hydrogen (secondary N) is 2. The first-order valence-corrected chi connectivity index (χ1v) is 6.16. The monoisotopic (exact) mass is 245 g/mol. The Labute approximate surface area is 105 Å². The third-order valence-electron chi connectivity index (χ3n) is 2.40. The Morgan fingerprint density at radius 2 is 1.94 bits per heavy atom. The molecule has 0 spiro atoms. The molecule has 0 fully saturated rings. The lowest BCUT2D eigenvalue weighted by Gasteiger charge is -2.24. The van der Waals surface area contributed by atoms with E-state index in [9.17, 15) is 4.79 Å². The first-order valence-electron chi connectivity index (χ1n) is 6.16. The van der Waals surface area contributed by atoms with Gasteiger partial charge in [-0.15, -0.1) is 0 Å². The Balaban J connectivity index is 3.58. The molecule has 1 amide bonds. The van der Waals surface area contributed by atoms with E-state index in [2.05, 4.69) is 15.5 Å². The molecule has 5 heteroatoms. The summed E-state index contributed by atoms with van der Waals surface area (Å²) in [5, 5.41) is 5.98. The van der Waals surface area contributed by atoms with Gasteiger partial charge in [-0.3, -0.25) is 4.79 Å². The Morgan fingerprint density at radius 1 is 1.29 bits per heavy atom. The highest BCUT2D eigenvalue weighted by atomic mass is 16.5. The Hall–Kier alpha value is -0.650. The first-order chi connectivity index (χ1) is 7.90. The smallest absolute Gasteiger partial charge is 0.239 e. The molecule has 0 rings (SSSR count). The van der Waals surface area contributed by atoms with Gasteiger partial charge in [-0.2, -0.15) is 0 Å². The molecule has 0 aliphatic heterocycles. The molecule has 0 radical (unpaired) electrons. The lowest BCUT2D eigenvalue weighted by molar-refractivity contribution is -0.126. The van der Waals surface area contributed by atoms with E-state index in [1.165, 1.54) is 0 Å². The Kier molecular flexibility index (Phi) is 8.12. The lowest BCUT2D eigenvalue weighted by atomic mass is 10.1. The third-order valence-corrected chi connectivity index (χ3v) is 2.40. The number of ether oxygens (including phenoxy) is 1. The second-order valence-electron chi connectivity index (χ2n) is 4.83. The van der Waals surface area contributed by atoms with Crippen molar-refractivity contribution in [3.8, 4) is 0 Å². The molecular weight excluding hydrogens is 218 g/mol. The van der Waals surface area contributed by atoms with Crippen molar-refractivity contribution in [1.82, 2.24) is 15.5 Å². The van der Waals surface area contributed by atoms with Crippen LogP contribution in [0.5, 0.6) is 0 Å². The van der Waals surface area contributed by atoms with E-state index in [1.807, 2.05) is 34.9 Å². The van der Waals surface area contributed by atoms with Crippen LogP contribution in [-0.2, 0) is 9.53 Å². The quantitative estimate of drug-likeness (QED) is 0.564. The minimum absolute atomic E-state index is 0.00978. The fraction of sp³-hybridized carbons (Fsp3) is 0.917. The van der Waals surface area contributed by atoms with E-state index < -0.39 is 5.54 Å². The van der Waals surface area contributed by atoms with Gasteiger partial charge in [0.15, 0.2) is 0 Å². The molecule has 2 N–H and O–H groups in total. The Morgan fingerprint density at radius 3 is 2.47 bits per heavy atom. The molecule has 0 aliphatic rings. The van der Waals surface area contributed by atoms with Crippen molar-refractivity contribution in [3.63, 3.8) is 0 Å². The largest absolute Gasteiger partial charge is 0.378 e. The zero-order valence-electron chi connectivity index (χ0n) is 11.8. The minimum atomic E-state index is -0.515. The van der Waals surface area contributed by atoms with Crippen molar-refractivity contribution in [3.05, 3.63) is 0 Å². The molecule has 0 atom stereocenters. The SMILES string of the molecule is CCNC(C)(C)C(=O)NCCOCCN(C)C. The predicted molar refractivity (Wildman–Crippen MR) is 70.1 cm³/mol. The van der Waals surface area contributed by atoms with Crippen LogP contribution in [0.25, 0.3) is 0 Å². The predicted octanol–water partition coefficient (Wildman–Crippen LogP) is 0.0689. The summed E-state index contributed by atoms with van der Waals surface area (Å²) in [4.78, 5) is 13.8. The number of hydrogen-bond donors (Lipinski definition) is 2.